The number of fused-ring (bicyclic) bond motifs is 1. The quantitative estimate of drug-likeness (QED) is 0.0733. The first kappa shape index (κ1) is 44.0. The zero-order valence-electron chi connectivity index (χ0n) is 29.0. The molecular formula is C29H31N5O17S5. The molecule has 0 unspecified atom stereocenters. The molecule has 0 aromatic heterocycles. The van der Waals surface area contributed by atoms with Crippen molar-refractivity contribution in [2.45, 2.75) is 21.6 Å². The highest BCUT2D eigenvalue weighted by Gasteiger charge is 2.26. The van der Waals surface area contributed by atoms with Crippen LogP contribution in [-0.4, -0.2) is 99.7 Å². The molecule has 0 saturated carbocycles. The SMILES string of the molecule is CNc1ccc2c(OC)c(/N=N/c3cc(C)c(S(=O)(=O)CCOS(=O)(=O)O)cc3O)c(S(=O)(=O)O)cc2c1/N=N/c1ccc(S(=O)(=O)CCOS(=O)(=O)O)cc1. The van der Waals surface area contributed by atoms with E-state index in [9.17, 15) is 51.7 Å². The topological polar surface area (TPSA) is 341 Å². The van der Waals surface area contributed by atoms with Crippen LogP contribution in [0, 0.1) is 6.92 Å². The van der Waals surface area contributed by atoms with Gasteiger partial charge >= 0.3 is 20.8 Å². The van der Waals surface area contributed by atoms with E-state index in [0.29, 0.717) is 5.69 Å². The van der Waals surface area contributed by atoms with Crippen LogP contribution >= 0.6 is 0 Å². The van der Waals surface area contributed by atoms with E-state index >= 15 is 0 Å². The van der Waals surface area contributed by atoms with Crippen LogP contribution in [0.1, 0.15) is 5.56 Å². The molecule has 0 heterocycles. The standard InChI is InChI=1S/C29H31N5O17S5/c1-17-14-23(24(35)16-25(17)53(38,39)13-11-51-56(46,47)48)32-34-28-26(54(40,41)42)15-21-20(29(28)49-3)8-9-22(30-2)27(21)33-31-18-4-6-19(7-5-18)52(36,37)12-10-50-55(43,44)45/h4-9,14-16,30,35H,10-13H2,1-3H3,(H,40,41,42)(H,43,44,45)(H,46,47,48)/b33-31+,34-32+. The first-order valence-corrected chi connectivity index (χ1v) is 22.6. The van der Waals surface area contributed by atoms with Crippen LogP contribution in [0.5, 0.6) is 11.5 Å². The van der Waals surface area contributed by atoms with Crippen LogP contribution in [-0.2, 0) is 59.0 Å². The van der Waals surface area contributed by atoms with Gasteiger partial charge in [-0.3, -0.25) is 13.7 Å². The number of aromatic hydroxyl groups is 1. The zero-order chi connectivity index (χ0) is 41.9. The second kappa shape index (κ2) is 16.8. The predicted molar refractivity (Wildman–Crippen MR) is 197 cm³/mol. The molecule has 0 amide bonds. The minimum atomic E-state index is -5.12. The lowest BCUT2D eigenvalue weighted by molar-refractivity contribution is 0.282. The number of sulfone groups is 2. The third-order valence-corrected chi connectivity index (χ3v) is 12.7. The molecule has 4 aromatic carbocycles. The number of nitrogens with zero attached hydrogens (tertiary/aromatic N) is 4. The minimum absolute atomic E-state index is 0.000207. The van der Waals surface area contributed by atoms with Gasteiger partial charge in [-0.2, -0.15) is 30.4 Å². The fraction of sp³-hybridized carbons (Fsp3) is 0.241. The summed E-state index contributed by atoms with van der Waals surface area (Å²) in [5, 5.41) is 29.9. The monoisotopic (exact) mass is 881 g/mol. The number of anilines is 1. The van der Waals surface area contributed by atoms with Crippen molar-refractivity contribution in [3.05, 3.63) is 60.2 Å². The van der Waals surface area contributed by atoms with Gasteiger partial charge in [0.25, 0.3) is 10.1 Å². The summed E-state index contributed by atoms with van der Waals surface area (Å²) in [6.07, 6.45) is 0. The number of phenolic OH excluding ortho intramolecular Hbond substituents is 1. The van der Waals surface area contributed by atoms with Crippen LogP contribution in [0.2, 0.25) is 0 Å². The van der Waals surface area contributed by atoms with Gasteiger partial charge in [0.15, 0.2) is 25.4 Å². The summed E-state index contributed by atoms with van der Waals surface area (Å²) in [5.41, 5.74) is -0.466. The largest absolute Gasteiger partial charge is 0.506 e. The normalized spacial score (nSPS) is 13.2. The highest BCUT2D eigenvalue weighted by atomic mass is 32.3. The number of hydrogen-bond acceptors (Lipinski definition) is 19. The number of nitrogens with one attached hydrogen (secondary N) is 1. The number of ether oxygens (including phenoxy) is 1. The summed E-state index contributed by atoms with van der Waals surface area (Å²) in [7, 11) is -20.5. The van der Waals surface area contributed by atoms with Gasteiger partial charge in [0.1, 0.15) is 27.7 Å². The molecule has 0 radical (unpaired) electrons. The van der Waals surface area contributed by atoms with Gasteiger partial charge in [-0.1, -0.05) is 0 Å². The summed E-state index contributed by atoms with van der Waals surface area (Å²) in [5.74, 6) is -2.67. The number of azo groups is 2. The summed E-state index contributed by atoms with van der Waals surface area (Å²) >= 11 is 0. The second-order valence-electron chi connectivity index (χ2n) is 11.2. The Balaban J connectivity index is 1.76. The molecule has 0 aliphatic heterocycles. The van der Waals surface area contributed by atoms with E-state index < -0.39 is 96.5 Å². The Hall–Kier alpha value is -4.71. The van der Waals surface area contributed by atoms with Gasteiger partial charge in [-0.15, -0.1) is 15.3 Å². The van der Waals surface area contributed by atoms with E-state index in [4.69, 9.17) is 13.8 Å². The maximum absolute atomic E-state index is 12.8. The molecule has 304 valence electrons. The maximum Gasteiger partial charge on any atom is 0.397 e. The predicted octanol–water partition coefficient (Wildman–Crippen LogP) is 4.17. The van der Waals surface area contributed by atoms with Crippen LogP contribution in [0.25, 0.3) is 10.8 Å². The molecule has 0 aliphatic carbocycles. The van der Waals surface area contributed by atoms with Crippen molar-refractivity contribution in [1.82, 2.24) is 0 Å². The van der Waals surface area contributed by atoms with E-state index in [1.807, 2.05) is 0 Å². The first-order valence-electron chi connectivity index (χ1n) is 15.2. The fourth-order valence-electron chi connectivity index (χ4n) is 4.93. The van der Waals surface area contributed by atoms with Gasteiger partial charge in [-0.05, 0) is 61.0 Å². The minimum Gasteiger partial charge on any atom is -0.506 e. The number of aryl methyl sites for hydroxylation is 1. The number of phenols is 1. The van der Waals surface area contributed by atoms with Crippen molar-refractivity contribution in [3.8, 4) is 11.5 Å². The van der Waals surface area contributed by atoms with E-state index in [0.717, 1.165) is 37.4 Å². The number of methoxy groups -OCH3 is 1. The molecule has 0 fully saturated rings. The number of benzene rings is 4. The smallest absolute Gasteiger partial charge is 0.397 e. The Labute approximate surface area is 320 Å². The molecule has 0 bridgehead atoms. The molecule has 0 atom stereocenters. The molecule has 5 N–H and O–H groups in total. The van der Waals surface area contributed by atoms with Crippen molar-refractivity contribution in [2.75, 3.05) is 44.2 Å². The van der Waals surface area contributed by atoms with E-state index in [1.54, 1.807) is 0 Å². The van der Waals surface area contributed by atoms with Gasteiger partial charge in [0.2, 0.25) is 0 Å². The molecule has 27 heteroatoms. The molecular weight excluding hydrogens is 851 g/mol. The summed E-state index contributed by atoms with van der Waals surface area (Å²) in [6.45, 7) is -0.449. The third kappa shape index (κ3) is 11.0. The van der Waals surface area contributed by atoms with Crippen molar-refractivity contribution in [1.29, 1.82) is 0 Å². The lowest BCUT2D eigenvalue weighted by atomic mass is 10.0. The first-order chi connectivity index (χ1) is 25.9. The Kier molecular flexibility index (Phi) is 13.2. The van der Waals surface area contributed by atoms with E-state index in [1.165, 1.54) is 38.2 Å². The molecule has 22 nitrogen and oxygen atoms in total. The Morgan fingerprint density at radius 3 is 1.77 bits per heavy atom. The molecule has 0 aliphatic rings. The lowest BCUT2D eigenvalue weighted by Gasteiger charge is -2.15. The molecule has 0 spiro atoms. The molecule has 4 aromatic rings. The summed E-state index contributed by atoms with van der Waals surface area (Å²) in [6, 6.07) is 10.7. The third-order valence-electron chi connectivity index (χ3n) is 7.43. The number of hydrogen-bond donors (Lipinski definition) is 5. The van der Waals surface area contributed by atoms with Crippen molar-refractivity contribution in [2.24, 2.45) is 20.5 Å². The molecule has 4 rings (SSSR count). The van der Waals surface area contributed by atoms with Crippen molar-refractivity contribution in [3.63, 3.8) is 0 Å². The van der Waals surface area contributed by atoms with Gasteiger partial charge in [0.05, 0.1) is 53.0 Å². The van der Waals surface area contributed by atoms with Crippen LogP contribution < -0.4 is 10.1 Å². The van der Waals surface area contributed by atoms with Gasteiger partial charge < -0.3 is 15.2 Å². The zero-order valence-corrected chi connectivity index (χ0v) is 33.0. The van der Waals surface area contributed by atoms with Crippen LogP contribution in [0.3, 0.4) is 0 Å². The van der Waals surface area contributed by atoms with E-state index in [-0.39, 0.29) is 44.0 Å². The van der Waals surface area contributed by atoms with Crippen molar-refractivity contribution >= 4 is 89.8 Å². The summed E-state index contributed by atoms with van der Waals surface area (Å²) in [4.78, 5) is -1.51. The Bertz CT molecular complexity index is 2790. The van der Waals surface area contributed by atoms with Crippen LogP contribution in [0.4, 0.5) is 28.4 Å². The highest BCUT2D eigenvalue weighted by molar-refractivity contribution is 7.91. The Morgan fingerprint density at radius 2 is 1.23 bits per heavy atom. The summed E-state index contributed by atoms with van der Waals surface area (Å²) < 4.78 is 160. The van der Waals surface area contributed by atoms with Crippen LogP contribution in [0.15, 0.2) is 89.7 Å². The average molecular weight is 882 g/mol. The molecule has 56 heavy (non-hydrogen) atoms. The Morgan fingerprint density at radius 1 is 0.661 bits per heavy atom. The maximum atomic E-state index is 12.8. The highest BCUT2D eigenvalue weighted by Crippen LogP contribution is 2.47. The lowest BCUT2D eigenvalue weighted by Crippen LogP contribution is -2.16. The second-order valence-corrected chi connectivity index (χ2v) is 18.9. The average Bonchev–Trinajstić information content (AvgIpc) is 3.08. The number of rotatable bonds is 17. The fourth-order valence-corrected chi connectivity index (χ4v) is 8.83. The van der Waals surface area contributed by atoms with Gasteiger partial charge in [0, 0.05) is 23.9 Å². The van der Waals surface area contributed by atoms with Gasteiger partial charge in [-0.25, -0.2) is 25.2 Å². The van der Waals surface area contributed by atoms with Crippen molar-refractivity contribution < 1.29 is 74.0 Å². The van der Waals surface area contributed by atoms with E-state index in [2.05, 4.69) is 34.1 Å². The molecule has 0 saturated heterocycles.